The number of hydrogen-bond acceptors (Lipinski definition) is 6. The summed E-state index contributed by atoms with van der Waals surface area (Å²) in [5.41, 5.74) is 0. The van der Waals surface area contributed by atoms with Crippen LogP contribution < -0.4 is 10.2 Å². The van der Waals surface area contributed by atoms with Crippen molar-refractivity contribution in [1.82, 2.24) is 5.32 Å². The maximum Gasteiger partial charge on any atom is 0.268 e. The summed E-state index contributed by atoms with van der Waals surface area (Å²) in [5.74, 6) is -0.230. The van der Waals surface area contributed by atoms with E-state index in [1.54, 1.807) is 6.08 Å². The summed E-state index contributed by atoms with van der Waals surface area (Å²) in [6, 6.07) is -0.903. The SMILES string of the molecule is CCCCCCCCCCCCCCCCCCCCCCCC/C=C/CC/C=C/CC/C=C/C(O)C(COP(=O)([O-])OCC[N+](C)(C)C)NC(=O)CCCCCC. The smallest absolute Gasteiger partial charge is 0.268 e. The molecule has 0 saturated carbocycles. The molecular weight excluding hydrogens is 744 g/mol. The van der Waals surface area contributed by atoms with E-state index < -0.39 is 26.6 Å². The molecule has 8 nitrogen and oxygen atoms in total. The molecule has 0 aliphatic heterocycles. The number of hydrogen-bond donors (Lipinski definition) is 2. The lowest BCUT2D eigenvalue weighted by atomic mass is 10.0. The van der Waals surface area contributed by atoms with Gasteiger partial charge in [-0.2, -0.15) is 0 Å². The lowest BCUT2D eigenvalue weighted by Crippen LogP contribution is -2.45. The fraction of sp³-hybridized carbons (Fsp3) is 0.857. The average molecular weight is 839 g/mol. The van der Waals surface area contributed by atoms with Crippen molar-refractivity contribution in [2.75, 3.05) is 40.9 Å². The summed E-state index contributed by atoms with van der Waals surface area (Å²) in [7, 11) is 1.23. The summed E-state index contributed by atoms with van der Waals surface area (Å²) < 4.78 is 23.0. The third-order valence-corrected chi connectivity index (χ3v) is 11.8. The fourth-order valence-corrected chi connectivity index (χ4v) is 7.67. The van der Waals surface area contributed by atoms with Gasteiger partial charge in [0.15, 0.2) is 0 Å². The van der Waals surface area contributed by atoms with E-state index in [4.69, 9.17) is 9.05 Å². The van der Waals surface area contributed by atoms with Crippen LogP contribution in [0.1, 0.15) is 219 Å². The Kier molecular flexibility index (Phi) is 40.2. The van der Waals surface area contributed by atoms with Crippen LogP contribution in [0.3, 0.4) is 0 Å². The second kappa shape index (κ2) is 41.1. The monoisotopic (exact) mass is 839 g/mol. The Bertz CT molecular complexity index is 1040. The zero-order valence-electron chi connectivity index (χ0n) is 38.8. The molecule has 0 spiro atoms. The van der Waals surface area contributed by atoms with E-state index in [0.29, 0.717) is 17.4 Å². The molecule has 1 amide bonds. The van der Waals surface area contributed by atoms with Crippen molar-refractivity contribution in [3.8, 4) is 0 Å². The number of nitrogens with zero attached hydrogens (tertiary/aromatic N) is 1. The molecule has 0 heterocycles. The highest BCUT2D eigenvalue weighted by molar-refractivity contribution is 7.45. The van der Waals surface area contributed by atoms with Crippen LogP contribution in [-0.2, 0) is 18.4 Å². The highest BCUT2D eigenvalue weighted by Gasteiger charge is 2.23. The summed E-state index contributed by atoms with van der Waals surface area (Å²) in [6.45, 7) is 4.49. The minimum absolute atomic E-state index is 0.00923. The highest BCUT2D eigenvalue weighted by atomic mass is 31.2. The Balaban J connectivity index is 3.95. The van der Waals surface area contributed by atoms with Crippen LogP contribution in [0.2, 0.25) is 0 Å². The number of unbranched alkanes of at least 4 members (excludes halogenated alkanes) is 27. The molecule has 0 bridgehead atoms. The quantitative estimate of drug-likeness (QED) is 0.0274. The van der Waals surface area contributed by atoms with Gasteiger partial charge in [0.1, 0.15) is 13.2 Å². The van der Waals surface area contributed by atoms with Crippen LogP contribution in [0.15, 0.2) is 36.5 Å². The molecule has 0 aromatic rings. The normalized spacial score (nSPS) is 14.5. The minimum Gasteiger partial charge on any atom is -0.756 e. The third kappa shape index (κ3) is 42.8. The van der Waals surface area contributed by atoms with Crippen LogP contribution in [-0.4, -0.2) is 68.5 Å². The van der Waals surface area contributed by atoms with Gasteiger partial charge in [0.25, 0.3) is 7.82 Å². The first-order valence-electron chi connectivity index (χ1n) is 24.4. The topological polar surface area (TPSA) is 108 Å². The molecule has 0 rings (SSSR count). The van der Waals surface area contributed by atoms with Crippen molar-refractivity contribution in [2.45, 2.75) is 231 Å². The molecule has 0 aromatic heterocycles. The molecule has 9 heteroatoms. The van der Waals surface area contributed by atoms with Crippen LogP contribution >= 0.6 is 7.82 Å². The lowest BCUT2D eigenvalue weighted by molar-refractivity contribution is -0.870. The molecule has 0 fully saturated rings. The van der Waals surface area contributed by atoms with Crippen LogP contribution in [0.4, 0.5) is 0 Å². The molecule has 3 atom stereocenters. The Labute approximate surface area is 359 Å². The number of phosphoric acid groups is 1. The fourth-order valence-electron chi connectivity index (χ4n) is 6.95. The number of nitrogens with one attached hydrogen (secondary N) is 1. The van der Waals surface area contributed by atoms with Crippen molar-refractivity contribution in [1.29, 1.82) is 0 Å². The van der Waals surface area contributed by atoms with Crippen LogP contribution in [0, 0.1) is 0 Å². The first kappa shape index (κ1) is 56.7. The maximum atomic E-state index is 12.6. The van der Waals surface area contributed by atoms with Gasteiger partial charge in [0.05, 0.1) is 39.9 Å². The Morgan fingerprint density at radius 2 is 0.966 bits per heavy atom. The lowest BCUT2D eigenvalue weighted by Gasteiger charge is -2.29. The highest BCUT2D eigenvalue weighted by Crippen LogP contribution is 2.38. The number of phosphoric ester groups is 1. The van der Waals surface area contributed by atoms with Gasteiger partial charge in [-0.3, -0.25) is 9.36 Å². The number of aliphatic hydroxyl groups is 1. The average Bonchev–Trinajstić information content (AvgIpc) is 3.17. The second-order valence-corrected chi connectivity index (χ2v) is 19.2. The minimum atomic E-state index is -4.58. The molecule has 342 valence electrons. The predicted octanol–water partition coefficient (Wildman–Crippen LogP) is 13.2. The van der Waals surface area contributed by atoms with E-state index in [9.17, 15) is 19.4 Å². The van der Waals surface area contributed by atoms with E-state index in [1.807, 2.05) is 27.2 Å². The van der Waals surface area contributed by atoms with Gasteiger partial charge in [0, 0.05) is 6.42 Å². The molecule has 0 aliphatic carbocycles. The zero-order chi connectivity index (χ0) is 42.8. The number of likely N-dealkylation sites (N-methyl/N-ethyl adjacent to an activating group) is 1. The number of quaternary nitrogens is 1. The van der Waals surface area contributed by atoms with E-state index in [1.165, 1.54) is 148 Å². The van der Waals surface area contributed by atoms with Gasteiger partial charge in [-0.15, -0.1) is 0 Å². The molecular formula is C49H95N2O6P. The van der Waals surface area contributed by atoms with Crippen molar-refractivity contribution in [3.05, 3.63) is 36.5 Å². The van der Waals surface area contributed by atoms with Crippen molar-refractivity contribution in [3.63, 3.8) is 0 Å². The van der Waals surface area contributed by atoms with Crippen LogP contribution in [0.5, 0.6) is 0 Å². The van der Waals surface area contributed by atoms with Crippen molar-refractivity contribution in [2.24, 2.45) is 0 Å². The standard InChI is InChI=1S/C49H95N2O6P/c1-6-8-10-12-13-14-15-16-17-18-19-20-21-22-23-24-25-26-27-28-29-30-31-32-33-34-35-36-37-38-39-40-42-48(52)47(50-49(53)43-41-11-9-7-2)46-57-58(54,55)56-45-44-51(3,4)5/h32-33,36-37,40,42,47-48,52H,6-31,34-35,38-39,41,43-46H2,1-5H3,(H-,50,53,54,55)/b33-32+,37-36+,42-40+. The van der Waals surface area contributed by atoms with E-state index in [-0.39, 0.29) is 12.5 Å². The predicted molar refractivity (Wildman–Crippen MR) is 247 cm³/mol. The number of aliphatic hydroxyl groups excluding tert-OH is 1. The Morgan fingerprint density at radius 1 is 0.586 bits per heavy atom. The van der Waals surface area contributed by atoms with Crippen molar-refractivity contribution >= 4 is 13.7 Å². The Hall–Kier alpha value is -1.28. The number of rotatable bonds is 44. The Morgan fingerprint density at radius 3 is 1.40 bits per heavy atom. The summed E-state index contributed by atoms with van der Waals surface area (Å²) in [6.07, 6.45) is 51.6. The molecule has 2 N–H and O–H groups in total. The third-order valence-electron chi connectivity index (χ3n) is 10.8. The number of allylic oxidation sites excluding steroid dienone is 5. The number of amides is 1. The van der Waals surface area contributed by atoms with Crippen LogP contribution in [0.25, 0.3) is 0 Å². The molecule has 58 heavy (non-hydrogen) atoms. The van der Waals surface area contributed by atoms with Gasteiger partial charge in [-0.25, -0.2) is 0 Å². The molecule has 3 unspecified atom stereocenters. The molecule has 0 aromatic carbocycles. The second-order valence-electron chi connectivity index (χ2n) is 17.8. The zero-order valence-corrected chi connectivity index (χ0v) is 39.6. The van der Waals surface area contributed by atoms with Gasteiger partial charge >= 0.3 is 0 Å². The summed E-state index contributed by atoms with van der Waals surface area (Å²) in [5, 5.41) is 13.6. The van der Waals surface area contributed by atoms with E-state index >= 15 is 0 Å². The van der Waals surface area contributed by atoms with Gasteiger partial charge in [0.2, 0.25) is 5.91 Å². The van der Waals surface area contributed by atoms with Gasteiger partial charge in [-0.05, 0) is 44.9 Å². The summed E-state index contributed by atoms with van der Waals surface area (Å²) in [4.78, 5) is 24.9. The van der Waals surface area contributed by atoms with E-state index in [0.717, 1.165) is 51.4 Å². The largest absolute Gasteiger partial charge is 0.756 e. The summed E-state index contributed by atoms with van der Waals surface area (Å²) >= 11 is 0. The van der Waals surface area contributed by atoms with E-state index in [2.05, 4.69) is 43.5 Å². The first-order chi connectivity index (χ1) is 28.0. The molecule has 0 radical (unpaired) electrons. The maximum absolute atomic E-state index is 12.6. The first-order valence-corrected chi connectivity index (χ1v) is 25.8. The number of carbonyl (C=O) groups excluding carboxylic acids is 1. The molecule has 0 saturated heterocycles. The van der Waals surface area contributed by atoms with Gasteiger partial charge < -0.3 is 28.8 Å². The van der Waals surface area contributed by atoms with Crippen molar-refractivity contribution < 1.29 is 32.9 Å². The molecule has 0 aliphatic rings. The van der Waals surface area contributed by atoms with Gasteiger partial charge in [-0.1, -0.05) is 204 Å². The number of carbonyl (C=O) groups is 1.